The molecule has 3 N–H and O–H groups in total. The fourth-order valence-electron chi connectivity index (χ4n) is 2.78. The molecule has 8 nitrogen and oxygen atoms in total. The first-order valence-electron chi connectivity index (χ1n) is 9.60. The molecule has 0 bridgehead atoms. The van der Waals surface area contributed by atoms with Gasteiger partial charge in [0, 0.05) is 17.0 Å². The Balaban J connectivity index is 2.13. The Bertz CT molecular complexity index is 829. The summed E-state index contributed by atoms with van der Waals surface area (Å²) < 4.78 is 10.6. The highest BCUT2D eigenvalue weighted by atomic mass is 32.1. The van der Waals surface area contributed by atoms with Crippen LogP contribution in [0.5, 0.6) is 0 Å². The summed E-state index contributed by atoms with van der Waals surface area (Å²) in [6, 6.07) is 3.52. The minimum absolute atomic E-state index is 0.0488. The zero-order chi connectivity index (χ0) is 21.4. The number of likely N-dealkylation sites (N-methyl/N-ethyl adjacent to an activating group) is 1. The van der Waals surface area contributed by atoms with Crippen LogP contribution in [0, 0.1) is 0 Å². The van der Waals surface area contributed by atoms with Crippen molar-refractivity contribution in [3.05, 3.63) is 29.3 Å². The fourth-order valence-corrected chi connectivity index (χ4v) is 3.73. The van der Waals surface area contributed by atoms with Gasteiger partial charge >= 0.3 is 5.97 Å². The maximum atomic E-state index is 12.6. The lowest BCUT2D eigenvalue weighted by Gasteiger charge is -2.17. The molecule has 158 valence electrons. The summed E-state index contributed by atoms with van der Waals surface area (Å²) in [5.74, 6) is -0.381. The van der Waals surface area contributed by atoms with E-state index in [4.69, 9.17) is 9.15 Å². The smallest absolute Gasteiger partial charge is 0.341 e. The quantitative estimate of drug-likeness (QED) is 0.504. The third kappa shape index (κ3) is 6.43. The van der Waals surface area contributed by atoms with Gasteiger partial charge < -0.3 is 24.7 Å². The maximum absolute atomic E-state index is 12.6. The molecule has 0 spiro atoms. The van der Waals surface area contributed by atoms with Gasteiger partial charge in [-0.25, -0.2) is 4.79 Å². The number of thiophene rings is 1. The van der Waals surface area contributed by atoms with Gasteiger partial charge in [-0.1, -0.05) is 0 Å². The molecule has 1 atom stereocenters. The lowest BCUT2D eigenvalue weighted by molar-refractivity contribution is -0.881. The largest absolute Gasteiger partial charge is 0.464 e. The number of anilines is 1. The van der Waals surface area contributed by atoms with Crippen molar-refractivity contribution in [1.82, 2.24) is 5.32 Å². The average Bonchev–Trinajstić information content (AvgIpc) is 3.29. The predicted octanol–water partition coefficient (Wildman–Crippen LogP) is 1.55. The number of amides is 2. The van der Waals surface area contributed by atoms with Crippen LogP contribution in [0.2, 0.25) is 0 Å². The molecule has 0 fully saturated rings. The second-order valence-corrected chi connectivity index (χ2v) is 7.66. The minimum Gasteiger partial charge on any atom is -0.464 e. The van der Waals surface area contributed by atoms with E-state index in [-0.39, 0.29) is 43.1 Å². The Morgan fingerprint density at radius 1 is 1.21 bits per heavy atom. The van der Waals surface area contributed by atoms with Crippen LogP contribution < -0.4 is 15.5 Å². The molecule has 2 heterocycles. The van der Waals surface area contributed by atoms with E-state index in [0.717, 1.165) is 4.90 Å². The average molecular weight is 423 g/mol. The van der Waals surface area contributed by atoms with E-state index >= 15 is 0 Å². The Morgan fingerprint density at radius 3 is 2.52 bits per heavy atom. The Labute approximate surface area is 174 Å². The molecule has 2 aromatic heterocycles. The molecule has 29 heavy (non-hydrogen) atoms. The van der Waals surface area contributed by atoms with Crippen LogP contribution in [0.15, 0.2) is 28.2 Å². The first kappa shape index (κ1) is 22.6. The van der Waals surface area contributed by atoms with Crippen molar-refractivity contribution >= 4 is 34.1 Å². The van der Waals surface area contributed by atoms with Gasteiger partial charge in [0.25, 0.3) is 11.8 Å². The number of quaternary nitrogens is 1. The second kappa shape index (κ2) is 10.8. The van der Waals surface area contributed by atoms with Gasteiger partial charge in [-0.2, -0.15) is 0 Å². The number of furan rings is 1. The number of nitrogens with one attached hydrogen (secondary N) is 3. The van der Waals surface area contributed by atoms with Crippen molar-refractivity contribution in [2.24, 2.45) is 0 Å². The van der Waals surface area contributed by atoms with Crippen LogP contribution in [-0.2, 0) is 14.3 Å². The molecule has 0 saturated carbocycles. The van der Waals surface area contributed by atoms with Crippen LogP contribution in [0.3, 0.4) is 0 Å². The predicted molar refractivity (Wildman–Crippen MR) is 111 cm³/mol. The molecule has 0 aromatic carbocycles. The van der Waals surface area contributed by atoms with Gasteiger partial charge in [0.1, 0.15) is 16.3 Å². The highest BCUT2D eigenvalue weighted by Gasteiger charge is 2.25. The molecule has 0 saturated heterocycles. The van der Waals surface area contributed by atoms with Crippen molar-refractivity contribution in [3.63, 3.8) is 0 Å². The lowest BCUT2D eigenvalue weighted by Crippen LogP contribution is -3.14. The normalized spacial score (nSPS) is 11.9. The standard InChI is InChI=1S/C20H27N3O5S/c1-5-23(10-16(24)21-13(3)4)11-17(25)22-19-18(20(26)27-6-2)14(12-29-19)15-8-7-9-28-15/h7-9,12-13H,5-6,10-11H2,1-4H3,(H,21,24)(H,22,25)/p+1. The van der Waals surface area contributed by atoms with Crippen LogP contribution in [-0.4, -0.2) is 50.1 Å². The molecule has 0 aliphatic carbocycles. The molecule has 9 heteroatoms. The summed E-state index contributed by atoms with van der Waals surface area (Å²) in [5.41, 5.74) is 0.848. The Kier molecular flexibility index (Phi) is 8.41. The van der Waals surface area contributed by atoms with Gasteiger partial charge in [0.05, 0.1) is 19.4 Å². The van der Waals surface area contributed by atoms with Gasteiger partial charge in [0.2, 0.25) is 0 Å². The summed E-state index contributed by atoms with van der Waals surface area (Å²) in [4.78, 5) is 37.9. The highest BCUT2D eigenvalue weighted by molar-refractivity contribution is 7.15. The van der Waals surface area contributed by atoms with Crippen LogP contribution in [0.1, 0.15) is 38.1 Å². The van der Waals surface area contributed by atoms with Crippen molar-refractivity contribution in [2.45, 2.75) is 33.7 Å². The SMILES string of the molecule is CCOC(=O)c1c(-c2ccco2)csc1NC(=O)C[NH+](CC)CC(=O)NC(C)C. The molecule has 0 radical (unpaired) electrons. The Hall–Kier alpha value is -2.65. The summed E-state index contributed by atoms with van der Waals surface area (Å²) in [7, 11) is 0. The van der Waals surface area contributed by atoms with Gasteiger partial charge in [-0.3, -0.25) is 9.59 Å². The van der Waals surface area contributed by atoms with E-state index in [1.807, 2.05) is 20.8 Å². The van der Waals surface area contributed by atoms with E-state index in [1.165, 1.54) is 17.6 Å². The van der Waals surface area contributed by atoms with Crippen molar-refractivity contribution < 1.29 is 28.4 Å². The first-order chi connectivity index (χ1) is 13.8. The zero-order valence-electron chi connectivity index (χ0n) is 17.2. The maximum Gasteiger partial charge on any atom is 0.341 e. The number of esters is 1. The topological polar surface area (TPSA) is 102 Å². The Morgan fingerprint density at radius 2 is 1.93 bits per heavy atom. The van der Waals surface area contributed by atoms with Gasteiger partial charge in [0.15, 0.2) is 13.1 Å². The zero-order valence-corrected chi connectivity index (χ0v) is 18.0. The molecule has 1 unspecified atom stereocenters. The third-order valence-corrected chi connectivity index (χ3v) is 4.98. The van der Waals surface area contributed by atoms with E-state index in [9.17, 15) is 14.4 Å². The molecule has 2 aromatic rings. The number of ether oxygens (including phenoxy) is 1. The van der Waals surface area contributed by atoms with Crippen LogP contribution in [0.4, 0.5) is 5.00 Å². The van der Waals surface area contributed by atoms with E-state index in [0.29, 0.717) is 22.9 Å². The van der Waals surface area contributed by atoms with Crippen LogP contribution >= 0.6 is 11.3 Å². The monoisotopic (exact) mass is 422 g/mol. The molecule has 0 aliphatic rings. The summed E-state index contributed by atoms with van der Waals surface area (Å²) >= 11 is 1.23. The first-order valence-corrected chi connectivity index (χ1v) is 10.5. The minimum atomic E-state index is -0.522. The van der Waals surface area contributed by atoms with Crippen molar-refractivity contribution in [2.75, 3.05) is 31.6 Å². The van der Waals surface area contributed by atoms with E-state index < -0.39 is 5.97 Å². The number of hydrogen-bond donors (Lipinski definition) is 3. The number of hydrogen-bond acceptors (Lipinski definition) is 6. The van der Waals surface area contributed by atoms with Crippen molar-refractivity contribution in [3.8, 4) is 11.3 Å². The summed E-state index contributed by atoms with van der Waals surface area (Å²) in [5, 5.41) is 7.78. The van der Waals surface area contributed by atoms with E-state index in [1.54, 1.807) is 24.4 Å². The number of carbonyl (C=O) groups is 3. The van der Waals surface area contributed by atoms with Gasteiger partial charge in [-0.05, 0) is 39.8 Å². The number of rotatable bonds is 10. The lowest BCUT2D eigenvalue weighted by atomic mass is 10.1. The molecule has 0 aliphatic heterocycles. The fraction of sp³-hybridized carbons (Fsp3) is 0.450. The van der Waals surface area contributed by atoms with Crippen molar-refractivity contribution in [1.29, 1.82) is 0 Å². The number of carbonyl (C=O) groups excluding carboxylic acids is 3. The van der Waals surface area contributed by atoms with Crippen LogP contribution in [0.25, 0.3) is 11.3 Å². The summed E-state index contributed by atoms with van der Waals surface area (Å²) in [6.07, 6.45) is 1.52. The molecule has 2 rings (SSSR count). The highest BCUT2D eigenvalue weighted by Crippen LogP contribution is 2.36. The molecule has 2 amide bonds. The second-order valence-electron chi connectivity index (χ2n) is 6.78. The molecular weight excluding hydrogens is 394 g/mol. The summed E-state index contributed by atoms with van der Waals surface area (Å²) in [6.45, 7) is 8.56. The third-order valence-electron chi connectivity index (χ3n) is 4.08. The van der Waals surface area contributed by atoms with Gasteiger partial charge in [-0.15, -0.1) is 11.3 Å². The van der Waals surface area contributed by atoms with E-state index in [2.05, 4.69) is 10.6 Å². The molecular formula is C20H28N3O5S+.